The quantitative estimate of drug-likeness (QED) is 0.710. The van der Waals surface area contributed by atoms with Crippen molar-refractivity contribution in [3.8, 4) is 12.3 Å². The lowest BCUT2D eigenvalue weighted by atomic mass is 10.1. The van der Waals surface area contributed by atoms with Crippen molar-refractivity contribution < 1.29 is 0 Å². The fourth-order valence-corrected chi connectivity index (χ4v) is 1.33. The Labute approximate surface area is 85.8 Å². The molecule has 1 aromatic rings. The molecule has 0 aliphatic rings. The maximum absolute atomic E-state index is 5.39. The van der Waals surface area contributed by atoms with Crippen LogP contribution in [-0.4, -0.2) is 17.6 Å². The van der Waals surface area contributed by atoms with Gasteiger partial charge in [-0.2, -0.15) is 0 Å². The molecule has 0 bridgehead atoms. The number of nitrogens with one attached hydrogen (secondary N) is 1. The van der Waals surface area contributed by atoms with Gasteiger partial charge in [-0.25, -0.2) is 0 Å². The molecule has 0 aromatic carbocycles. The molecular weight excluding hydrogens is 172 g/mol. The number of aromatic nitrogens is 1. The van der Waals surface area contributed by atoms with E-state index >= 15 is 0 Å². The number of hydrogen-bond donors (Lipinski definition) is 1. The van der Waals surface area contributed by atoms with Crippen LogP contribution in [0.25, 0.3) is 0 Å². The topological polar surface area (TPSA) is 24.9 Å². The zero-order valence-corrected chi connectivity index (χ0v) is 8.53. The van der Waals surface area contributed by atoms with E-state index in [9.17, 15) is 0 Å². The molecule has 2 nitrogen and oxygen atoms in total. The maximum atomic E-state index is 5.39. The van der Waals surface area contributed by atoms with Gasteiger partial charge in [-0.3, -0.25) is 4.98 Å². The highest BCUT2D eigenvalue weighted by Crippen LogP contribution is 2.01. The zero-order valence-electron chi connectivity index (χ0n) is 8.53. The molecule has 1 atom stereocenters. The van der Waals surface area contributed by atoms with Gasteiger partial charge < -0.3 is 5.32 Å². The Morgan fingerprint density at radius 2 is 2.43 bits per heavy atom. The molecule has 1 heterocycles. The van der Waals surface area contributed by atoms with E-state index in [-0.39, 0.29) is 6.04 Å². The molecule has 0 saturated heterocycles. The lowest BCUT2D eigenvalue weighted by Crippen LogP contribution is -2.27. The van der Waals surface area contributed by atoms with E-state index in [1.807, 2.05) is 24.4 Å². The first kappa shape index (κ1) is 10.7. The minimum absolute atomic E-state index is 0.169. The van der Waals surface area contributed by atoms with E-state index in [1.165, 1.54) is 0 Å². The fourth-order valence-electron chi connectivity index (χ4n) is 1.33. The third-order valence-electron chi connectivity index (χ3n) is 2.07. The molecule has 74 valence electrons. The van der Waals surface area contributed by atoms with Crippen molar-refractivity contribution in [2.75, 3.05) is 6.54 Å². The summed E-state index contributed by atoms with van der Waals surface area (Å²) in [7, 11) is 0. The van der Waals surface area contributed by atoms with Gasteiger partial charge in [-0.1, -0.05) is 18.9 Å². The van der Waals surface area contributed by atoms with Crippen molar-refractivity contribution in [1.29, 1.82) is 0 Å². The molecule has 0 fully saturated rings. The lowest BCUT2D eigenvalue weighted by Gasteiger charge is -2.10. The second-order valence-electron chi connectivity index (χ2n) is 3.14. The SMILES string of the molecule is C#CC(CCc1ccccn1)NCC. The van der Waals surface area contributed by atoms with Crippen molar-refractivity contribution in [3.63, 3.8) is 0 Å². The van der Waals surface area contributed by atoms with Gasteiger partial charge in [0.2, 0.25) is 0 Å². The van der Waals surface area contributed by atoms with Crippen LogP contribution in [0.3, 0.4) is 0 Å². The summed E-state index contributed by atoms with van der Waals surface area (Å²) >= 11 is 0. The van der Waals surface area contributed by atoms with Crippen LogP contribution in [0.5, 0.6) is 0 Å². The molecule has 1 rings (SSSR count). The van der Waals surface area contributed by atoms with Gasteiger partial charge in [-0.05, 0) is 31.5 Å². The summed E-state index contributed by atoms with van der Waals surface area (Å²) < 4.78 is 0. The molecule has 0 saturated carbocycles. The van der Waals surface area contributed by atoms with Gasteiger partial charge >= 0.3 is 0 Å². The molecule has 0 aliphatic carbocycles. The predicted molar refractivity (Wildman–Crippen MR) is 58.9 cm³/mol. The number of pyridine rings is 1. The molecule has 0 radical (unpaired) electrons. The highest BCUT2D eigenvalue weighted by molar-refractivity contribution is 5.06. The predicted octanol–water partition coefficient (Wildman–Crippen LogP) is 1.63. The summed E-state index contributed by atoms with van der Waals surface area (Å²) in [6, 6.07) is 6.12. The van der Waals surface area contributed by atoms with Crippen molar-refractivity contribution in [2.24, 2.45) is 0 Å². The van der Waals surface area contributed by atoms with Crippen molar-refractivity contribution in [2.45, 2.75) is 25.8 Å². The van der Waals surface area contributed by atoms with Gasteiger partial charge in [0.05, 0.1) is 6.04 Å². The molecule has 1 aromatic heterocycles. The highest BCUT2D eigenvalue weighted by atomic mass is 14.9. The largest absolute Gasteiger partial charge is 0.304 e. The van der Waals surface area contributed by atoms with Gasteiger partial charge in [0, 0.05) is 11.9 Å². The average Bonchev–Trinajstić information content (AvgIpc) is 2.25. The monoisotopic (exact) mass is 188 g/mol. The van der Waals surface area contributed by atoms with Crippen LogP contribution in [0.15, 0.2) is 24.4 Å². The smallest absolute Gasteiger partial charge is 0.0690 e. The summed E-state index contributed by atoms with van der Waals surface area (Å²) in [6.45, 7) is 2.97. The molecule has 0 amide bonds. The minimum Gasteiger partial charge on any atom is -0.304 e. The summed E-state index contributed by atoms with van der Waals surface area (Å²) in [4.78, 5) is 4.25. The Bertz CT molecular complexity index is 287. The molecule has 14 heavy (non-hydrogen) atoms. The molecule has 0 aliphatic heterocycles. The second kappa shape index (κ2) is 6.17. The van der Waals surface area contributed by atoms with Crippen molar-refractivity contribution in [3.05, 3.63) is 30.1 Å². The van der Waals surface area contributed by atoms with E-state index in [1.54, 1.807) is 0 Å². The summed E-state index contributed by atoms with van der Waals surface area (Å²) in [5, 5.41) is 3.24. The number of aryl methyl sites for hydroxylation is 1. The lowest BCUT2D eigenvalue weighted by molar-refractivity contribution is 0.585. The molecule has 1 unspecified atom stereocenters. The first-order valence-corrected chi connectivity index (χ1v) is 4.96. The first-order valence-electron chi connectivity index (χ1n) is 4.96. The van der Waals surface area contributed by atoms with Crippen molar-refractivity contribution >= 4 is 0 Å². The summed E-state index contributed by atoms with van der Waals surface area (Å²) in [5.74, 6) is 2.73. The van der Waals surface area contributed by atoms with E-state index in [0.717, 1.165) is 25.1 Å². The molecule has 1 N–H and O–H groups in total. The van der Waals surface area contributed by atoms with E-state index in [2.05, 4.69) is 23.1 Å². The van der Waals surface area contributed by atoms with Crippen LogP contribution < -0.4 is 5.32 Å². The molecule has 0 spiro atoms. The normalized spacial score (nSPS) is 12.0. The van der Waals surface area contributed by atoms with Crippen LogP contribution in [0.4, 0.5) is 0 Å². The van der Waals surface area contributed by atoms with E-state index in [0.29, 0.717) is 0 Å². The Balaban J connectivity index is 2.37. The van der Waals surface area contributed by atoms with Gasteiger partial charge in [0.1, 0.15) is 0 Å². The minimum atomic E-state index is 0.169. The molecule has 2 heteroatoms. The zero-order chi connectivity index (χ0) is 10.2. The van der Waals surface area contributed by atoms with Crippen LogP contribution in [0, 0.1) is 12.3 Å². The Morgan fingerprint density at radius 1 is 1.57 bits per heavy atom. The maximum Gasteiger partial charge on any atom is 0.0690 e. The summed E-state index contributed by atoms with van der Waals surface area (Å²) in [6.07, 6.45) is 9.08. The van der Waals surface area contributed by atoms with Gasteiger partial charge in [-0.15, -0.1) is 6.42 Å². The number of nitrogens with zero attached hydrogens (tertiary/aromatic N) is 1. The van der Waals surface area contributed by atoms with E-state index < -0.39 is 0 Å². The van der Waals surface area contributed by atoms with Crippen LogP contribution >= 0.6 is 0 Å². The number of terminal acetylenes is 1. The number of hydrogen-bond acceptors (Lipinski definition) is 2. The molecular formula is C12H16N2. The second-order valence-corrected chi connectivity index (χ2v) is 3.14. The third-order valence-corrected chi connectivity index (χ3v) is 2.07. The Kier molecular flexibility index (Phi) is 4.74. The van der Waals surface area contributed by atoms with Crippen LogP contribution in [-0.2, 0) is 6.42 Å². The van der Waals surface area contributed by atoms with E-state index in [4.69, 9.17) is 6.42 Å². The van der Waals surface area contributed by atoms with Crippen LogP contribution in [0.1, 0.15) is 19.0 Å². The average molecular weight is 188 g/mol. The fraction of sp³-hybridized carbons (Fsp3) is 0.417. The highest BCUT2D eigenvalue weighted by Gasteiger charge is 2.02. The Morgan fingerprint density at radius 3 is 3.00 bits per heavy atom. The van der Waals surface area contributed by atoms with Crippen molar-refractivity contribution in [1.82, 2.24) is 10.3 Å². The van der Waals surface area contributed by atoms with Gasteiger partial charge in [0.15, 0.2) is 0 Å². The third kappa shape index (κ3) is 3.59. The standard InChI is InChI=1S/C12H16N2/c1-3-11(13-4-2)8-9-12-7-5-6-10-14-12/h1,5-7,10-11,13H,4,8-9H2,2H3. The first-order chi connectivity index (χ1) is 6.86. The van der Waals surface area contributed by atoms with Crippen LogP contribution in [0.2, 0.25) is 0 Å². The Hall–Kier alpha value is -1.33. The number of rotatable bonds is 5. The summed E-state index contributed by atoms with van der Waals surface area (Å²) in [5.41, 5.74) is 1.10. The van der Waals surface area contributed by atoms with Gasteiger partial charge in [0.25, 0.3) is 0 Å².